The summed E-state index contributed by atoms with van der Waals surface area (Å²) in [6.07, 6.45) is 2.03. The molecule has 0 bridgehead atoms. The fraction of sp³-hybridized carbons (Fsp3) is 0.727. The zero-order valence-electron chi connectivity index (χ0n) is 9.50. The van der Waals surface area contributed by atoms with Gasteiger partial charge in [-0.15, -0.1) is 11.3 Å². The SMILES string of the molecule is CCc1nc(C(N)CC(C)C)sc1C. The van der Waals surface area contributed by atoms with Crippen molar-refractivity contribution >= 4 is 11.3 Å². The van der Waals surface area contributed by atoms with Crippen LogP contribution < -0.4 is 5.73 Å². The summed E-state index contributed by atoms with van der Waals surface area (Å²) in [5.41, 5.74) is 7.29. The Kier molecular flexibility index (Phi) is 4.08. The number of aromatic nitrogens is 1. The Morgan fingerprint density at radius 2 is 2.07 bits per heavy atom. The van der Waals surface area contributed by atoms with Crippen LogP contribution in [0.4, 0.5) is 0 Å². The maximum atomic E-state index is 6.08. The number of thiazole rings is 1. The number of nitrogens with two attached hydrogens (primary N) is 1. The van der Waals surface area contributed by atoms with Gasteiger partial charge in [-0.3, -0.25) is 0 Å². The van der Waals surface area contributed by atoms with Crippen LogP contribution in [0.1, 0.15) is 48.8 Å². The molecule has 2 nitrogen and oxygen atoms in total. The van der Waals surface area contributed by atoms with Crippen molar-refractivity contribution in [2.45, 2.75) is 46.6 Å². The van der Waals surface area contributed by atoms with E-state index in [1.54, 1.807) is 11.3 Å². The number of nitrogens with zero attached hydrogens (tertiary/aromatic N) is 1. The molecule has 0 radical (unpaired) electrons. The van der Waals surface area contributed by atoms with Gasteiger partial charge in [0.15, 0.2) is 0 Å². The Labute approximate surface area is 90.6 Å². The Hall–Kier alpha value is -0.410. The van der Waals surface area contributed by atoms with E-state index in [1.165, 1.54) is 10.6 Å². The van der Waals surface area contributed by atoms with Crippen molar-refractivity contribution in [2.24, 2.45) is 11.7 Å². The van der Waals surface area contributed by atoms with Gasteiger partial charge >= 0.3 is 0 Å². The molecule has 0 saturated heterocycles. The minimum absolute atomic E-state index is 0.124. The quantitative estimate of drug-likeness (QED) is 0.833. The largest absolute Gasteiger partial charge is 0.322 e. The Bertz CT molecular complexity index is 291. The molecule has 3 heteroatoms. The molecule has 14 heavy (non-hydrogen) atoms. The van der Waals surface area contributed by atoms with E-state index in [0.29, 0.717) is 5.92 Å². The molecule has 0 spiro atoms. The third-order valence-electron chi connectivity index (χ3n) is 2.29. The van der Waals surface area contributed by atoms with Crippen LogP contribution in [0.3, 0.4) is 0 Å². The van der Waals surface area contributed by atoms with E-state index >= 15 is 0 Å². The van der Waals surface area contributed by atoms with Crippen LogP contribution in [0.2, 0.25) is 0 Å². The third kappa shape index (κ3) is 2.79. The number of hydrogen-bond donors (Lipinski definition) is 1. The maximum absolute atomic E-state index is 6.08. The van der Waals surface area contributed by atoms with Gasteiger partial charge in [-0.25, -0.2) is 4.98 Å². The molecule has 2 N–H and O–H groups in total. The molecule has 0 aliphatic rings. The third-order valence-corrected chi connectivity index (χ3v) is 3.43. The molecule has 0 amide bonds. The summed E-state index contributed by atoms with van der Waals surface area (Å²) >= 11 is 1.75. The van der Waals surface area contributed by atoms with Crippen molar-refractivity contribution in [3.63, 3.8) is 0 Å². The molecule has 1 atom stereocenters. The molecule has 1 rings (SSSR count). The van der Waals surface area contributed by atoms with Gasteiger partial charge in [-0.2, -0.15) is 0 Å². The topological polar surface area (TPSA) is 38.9 Å². The first-order valence-electron chi connectivity index (χ1n) is 5.26. The summed E-state index contributed by atoms with van der Waals surface area (Å²) in [6, 6.07) is 0.124. The molecule has 0 saturated carbocycles. The van der Waals surface area contributed by atoms with E-state index in [2.05, 4.69) is 32.7 Å². The maximum Gasteiger partial charge on any atom is 0.110 e. The lowest BCUT2D eigenvalue weighted by atomic mass is 10.1. The molecular weight excluding hydrogens is 192 g/mol. The normalized spacial score (nSPS) is 13.6. The molecule has 80 valence electrons. The van der Waals surface area contributed by atoms with Gasteiger partial charge in [0.2, 0.25) is 0 Å². The second kappa shape index (κ2) is 4.89. The van der Waals surface area contributed by atoms with Gasteiger partial charge < -0.3 is 5.73 Å². The van der Waals surface area contributed by atoms with E-state index in [1.807, 2.05) is 0 Å². The van der Waals surface area contributed by atoms with E-state index in [9.17, 15) is 0 Å². The lowest BCUT2D eigenvalue weighted by Gasteiger charge is -2.10. The van der Waals surface area contributed by atoms with Crippen LogP contribution >= 0.6 is 11.3 Å². The first-order chi connectivity index (χ1) is 6.54. The van der Waals surface area contributed by atoms with Crippen molar-refractivity contribution in [1.82, 2.24) is 4.98 Å². The molecule has 0 aromatic carbocycles. The molecule has 0 aliphatic heterocycles. The summed E-state index contributed by atoms with van der Waals surface area (Å²) in [4.78, 5) is 5.90. The van der Waals surface area contributed by atoms with Crippen LogP contribution in [0.5, 0.6) is 0 Å². The van der Waals surface area contributed by atoms with E-state index < -0.39 is 0 Å². The van der Waals surface area contributed by atoms with E-state index in [-0.39, 0.29) is 6.04 Å². The molecule has 1 unspecified atom stereocenters. The lowest BCUT2D eigenvalue weighted by molar-refractivity contribution is 0.508. The standard InChI is InChI=1S/C11H20N2S/c1-5-10-8(4)14-11(13-10)9(12)6-7(2)3/h7,9H,5-6,12H2,1-4H3. The Morgan fingerprint density at radius 3 is 2.50 bits per heavy atom. The summed E-state index contributed by atoms with van der Waals surface area (Å²) in [5, 5.41) is 1.10. The second-order valence-corrected chi connectivity index (χ2v) is 5.38. The van der Waals surface area contributed by atoms with Crippen LogP contribution in [0.15, 0.2) is 0 Å². The first-order valence-corrected chi connectivity index (χ1v) is 6.08. The highest BCUT2D eigenvalue weighted by Crippen LogP contribution is 2.25. The molecule has 1 aromatic rings. The van der Waals surface area contributed by atoms with Crippen LogP contribution in [0.25, 0.3) is 0 Å². The molecule has 1 aromatic heterocycles. The highest BCUT2D eigenvalue weighted by molar-refractivity contribution is 7.11. The van der Waals surface area contributed by atoms with Crippen molar-refractivity contribution in [3.8, 4) is 0 Å². The first kappa shape index (κ1) is 11.7. The molecular formula is C11H20N2S. The Morgan fingerprint density at radius 1 is 1.43 bits per heavy atom. The van der Waals surface area contributed by atoms with Gasteiger partial charge in [-0.1, -0.05) is 20.8 Å². The minimum Gasteiger partial charge on any atom is -0.322 e. The van der Waals surface area contributed by atoms with Crippen LogP contribution in [0, 0.1) is 12.8 Å². The molecule has 0 fully saturated rings. The smallest absolute Gasteiger partial charge is 0.110 e. The van der Waals surface area contributed by atoms with E-state index in [0.717, 1.165) is 17.8 Å². The van der Waals surface area contributed by atoms with Crippen LogP contribution in [-0.4, -0.2) is 4.98 Å². The average Bonchev–Trinajstić information content (AvgIpc) is 2.45. The fourth-order valence-electron chi connectivity index (χ4n) is 1.55. The summed E-state index contributed by atoms with van der Waals surface area (Å²) < 4.78 is 0. The van der Waals surface area contributed by atoms with E-state index in [4.69, 9.17) is 5.73 Å². The predicted molar refractivity (Wildman–Crippen MR) is 62.6 cm³/mol. The Balaban J connectivity index is 2.75. The van der Waals surface area contributed by atoms with Gasteiger partial charge in [0.05, 0.1) is 11.7 Å². The van der Waals surface area contributed by atoms with Gasteiger partial charge in [-0.05, 0) is 25.7 Å². The monoisotopic (exact) mass is 212 g/mol. The average molecular weight is 212 g/mol. The van der Waals surface area contributed by atoms with Gasteiger partial charge in [0, 0.05) is 4.88 Å². The van der Waals surface area contributed by atoms with Crippen molar-refractivity contribution in [1.29, 1.82) is 0 Å². The summed E-state index contributed by atoms with van der Waals surface area (Å²) in [6.45, 7) is 8.66. The molecule has 0 aliphatic carbocycles. The summed E-state index contributed by atoms with van der Waals surface area (Å²) in [7, 11) is 0. The highest BCUT2D eigenvalue weighted by atomic mass is 32.1. The van der Waals surface area contributed by atoms with Crippen molar-refractivity contribution < 1.29 is 0 Å². The molecule has 1 heterocycles. The number of hydrogen-bond acceptors (Lipinski definition) is 3. The zero-order chi connectivity index (χ0) is 10.7. The lowest BCUT2D eigenvalue weighted by Crippen LogP contribution is -2.12. The number of aryl methyl sites for hydroxylation is 2. The number of rotatable bonds is 4. The van der Waals surface area contributed by atoms with Crippen molar-refractivity contribution in [3.05, 3.63) is 15.6 Å². The van der Waals surface area contributed by atoms with Crippen molar-refractivity contribution in [2.75, 3.05) is 0 Å². The van der Waals surface area contributed by atoms with Gasteiger partial charge in [0.1, 0.15) is 5.01 Å². The van der Waals surface area contributed by atoms with Crippen LogP contribution in [-0.2, 0) is 6.42 Å². The highest BCUT2D eigenvalue weighted by Gasteiger charge is 2.14. The second-order valence-electron chi connectivity index (χ2n) is 4.14. The fourth-order valence-corrected chi connectivity index (χ4v) is 2.57. The predicted octanol–water partition coefficient (Wildman–Crippen LogP) is 3.06. The summed E-state index contributed by atoms with van der Waals surface area (Å²) in [5.74, 6) is 0.638. The zero-order valence-corrected chi connectivity index (χ0v) is 10.3. The minimum atomic E-state index is 0.124. The van der Waals surface area contributed by atoms with Gasteiger partial charge in [0.25, 0.3) is 0 Å².